The highest BCUT2D eigenvalue weighted by Gasteiger charge is 2.20. The maximum atomic E-state index is 8.75. The van der Waals surface area contributed by atoms with Gasteiger partial charge >= 0.3 is 0 Å². The molecule has 1 unspecified atom stereocenters. The van der Waals surface area contributed by atoms with Gasteiger partial charge in [-0.25, -0.2) is 0 Å². The fourth-order valence-electron chi connectivity index (χ4n) is 2.76. The molecule has 96 valence electrons. The van der Waals surface area contributed by atoms with Crippen molar-refractivity contribution in [2.24, 2.45) is 0 Å². The summed E-state index contributed by atoms with van der Waals surface area (Å²) in [4.78, 5) is 0. The Kier molecular flexibility index (Phi) is 4.63. The standard InChI is InChI=1S/C14H24N2O/c1-15-14-7-5-6-12-10-16(11-13(12)14)8-3-2-4-9-17/h10-11,14-15,17H,2-9H2,1H3. The molecular weight excluding hydrogens is 212 g/mol. The zero-order valence-electron chi connectivity index (χ0n) is 10.8. The third-order valence-corrected chi connectivity index (χ3v) is 3.73. The number of hydrogen-bond acceptors (Lipinski definition) is 2. The summed E-state index contributed by atoms with van der Waals surface area (Å²) in [5, 5.41) is 12.2. The van der Waals surface area contributed by atoms with Crippen LogP contribution in [0.25, 0.3) is 0 Å². The Hall–Kier alpha value is -0.800. The van der Waals surface area contributed by atoms with Crippen LogP contribution in [0.3, 0.4) is 0 Å². The minimum absolute atomic E-state index is 0.323. The molecule has 3 nitrogen and oxygen atoms in total. The van der Waals surface area contributed by atoms with Crippen LogP contribution in [0.2, 0.25) is 0 Å². The van der Waals surface area contributed by atoms with Gasteiger partial charge in [0.15, 0.2) is 0 Å². The van der Waals surface area contributed by atoms with E-state index in [1.165, 1.54) is 36.8 Å². The van der Waals surface area contributed by atoms with Gasteiger partial charge in [-0.05, 0) is 56.7 Å². The van der Waals surface area contributed by atoms with Gasteiger partial charge in [-0.15, -0.1) is 0 Å². The number of nitrogens with one attached hydrogen (secondary N) is 1. The van der Waals surface area contributed by atoms with E-state index in [1.54, 1.807) is 0 Å². The molecule has 0 aliphatic heterocycles. The summed E-state index contributed by atoms with van der Waals surface area (Å²) in [6, 6.07) is 0.553. The second-order valence-corrected chi connectivity index (χ2v) is 4.99. The first-order valence-electron chi connectivity index (χ1n) is 6.82. The molecule has 1 heterocycles. The van der Waals surface area contributed by atoms with Crippen molar-refractivity contribution in [3.63, 3.8) is 0 Å². The normalized spacial score (nSPS) is 19.3. The zero-order chi connectivity index (χ0) is 12.1. The topological polar surface area (TPSA) is 37.2 Å². The summed E-state index contributed by atoms with van der Waals surface area (Å²) in [6.07, 6.45) is 11.6. The molecule has 1 atom stereocenters. The van der Waals surface area contributed by atoms with Crippen LogP contribution >= 0.6 is 0 Å². The molecule has 0 bridgehead atoms. The van der Waals surface area contributed by atoms with E-state index < -0.39 is 0 Å². The van der Waals surface area contributed by atoms with E-state index in [1.807, 2.05) is 0 Å². The molecule has 0 amide bonds. The van der Waals surface area contributed by atoms with Crippen molar-refractivity contribution >= 4 is 0 Å². The third-order valence-electron chi connectivity index (χ3n) is 3.73. The molecule has 1 aliphatic rings. The SMILES string of the molecule is CNC1CCCc2cn(CCCCCO)cc21. The van der Waals surface area contributed by atoms with Crippen molar-refractivity contribution in [2.75, 3.05) is 13.7 Å². The predicted octanol–water partition coefficient (Wildman–Crippen LogP) is 2.25. The highest BCUT2D eigenvalue weighted by Crippen LogP contribution is 2.30. The minimum atomic E-state index is 0.323. The van der Waals surface area contributed by atoms with Gasteiger partial charge in [-0.1, -0.05) is 0 Å². The fourth-order valence-corrected chi connectivity index (χ4v) is 2.76. The first kappa shape index (κ1) is 12.7. The van der Waals surface area contributed by atoms with Crippen molar-refractivity contribution in [3.8, 4) is 0 Å². The van der Waals surface area contributed by atoms with Crippen LogP contribution < -0.4 is 5.32 Å². The number of rotatable bonds is 6. The number of aliphatic hydroxyl groups is 1. The van der Waals surface area contributed by atoms with E-state index in [0.717, 1.165) is 19.4 Å². The predicted molar refractivity (Wildman–Crippen MR) is 70.1 cm³/mol. The van der Waals surface area contributed by atoms with E-state index >= 15 is 0 Å². The lowest BCUT2D eigenvalue weighted by atomic mass is 9.91. The molecule has 0 radical (unpaired) electrons. The molecule has 2 rings (SSSR count). The van der Waals surface area contributed by atoms with Crippen LogP contribution in [0.4, 0.5) is 0 Å². The molecule has 0 fully saturated rings. The Morgan fingerprint density at radius 3 is 3.00 bits per heavy atom. The van der Waals surface area contributed by atoms with Crippen LogP contribution in [-0.2, 0) is 13.0 Å². The number of aromatic nitrogens is 1. The van der Waals surface area contributed by atoms with Gasteiger partial charge in [0.25, 0.3) is 0 Å². The number of nitrogens with zero attached hydrogens (tertiary/aromatic N) is 1. The lowest BCUT2D eigenvalue weighted by Gasteiger charge is -2.21. The second-order valence-electron chi connectivity index (χ2n) is 4.99. The Balaban J connectivity index is 1.94. The first-order valence-corrected chi connectivity index (χ1v) is 6.82. The van der Waals surface area contributed by atoms with Gasteiger partial charge in [0.1, 0.15) is 0 Å². The van der Waals surface area contributed by atoms with E-state index in [-0.39, 0.29) is 0 Å². The molecule has 1 aliphatic carbocycles. The molecule has 0 aromatic carbocycles. The van der Waals surface area contributed by atoms with E-state index in [2.05, 4.69) is 29.3 Å². The van der Waals surface area contributed by atoms with Crippen molar-refractivity contribution in [3.05, 3.63) is 23.5 Å². The van der Waals surface area contributed by atoms with Crippen molar-refractivity contribution in [2.45, 2.75) is 51.1 Å². The summed E-state index contributed by atoms with van der Waals surface area (Å²) in [6.45, 7) is 1.41. The summed E-state index contributed by atoms with van der Waals surface area (Å²) in [5.41, 5.74) is 3.03. The Labute approximate surface area is 104 Å². The molecule has 0 saturated carbocycles. The Morgan fingerprint density at radius 1 is 1.35 bits per heavy atom. The van der Waals surface area contributed by atoms with Crippen LogP contribution in [0.1, 0.15) is 49.3 Å². The molecule has 17 heavy (non-hydrogen) atoms. The van der Waals surface area contributed by atoms with Crippen molar-refractivity contribution in [1.29, 1.82) is 0 Å². The second kappa shape index (κ2) is 6.22. The molecule has 3 heteroatoms. The summed E-state index contributed by atoms with van der Waals surface area (Å²) in [5.74, 6) is 0. The molecule has 0 spiro atoms. The number of unbranched alkanes of at least 4 members (excludes halogenated alkanes) is 2. The number of aryl methyl sites for hydroxylation is 2. The van der Waals surface area contributed by atoms with Gasteiger partial charge < -0.3 is 15.0 Å². The van der Waals surface area contributed by atoms with Gasteiger partial charge in [0, 0.05) is 31.6 Å². The average Bonchev–Trinajstić information content (AvgIpc) is 2.77. The van der Waals surface area contributed by atoms with Crippen molar-refractivity contribution in [1.82, 2.24) is 9.88 Å². The maximum absolute atomic E-state index is 8.75. The van der Waals surface area contributed by atoms with Gasteiger partial charge in [-0.2, -0.15) is 0 Å². The number of aliphatic hydroxyl groups excluding tert-OH is 1. The Bertz CT molecular complexity index is 346. The fraction of sp³-hybridized carbons (Fsp3) is 0.714. The van der Waals surface area contributed by atoms with Crippen LogP contribution in [-0.4, -0.2) is 23.3 Å². The molecule has 0 saturated heterocycles. The highest BCUT2D eigenvalue weighted by atomic mass is 16.2. The molecule has 1 aromatic rings. The smallest absolute Gasteiger partial charge is 0.0431 e. The van der Waals surface area contributed by atoms with E-state index in [9.17, 15) is 0 Å². The van der Waals surface area contributed by atoms with E-state index in [0.29, 0.717) is 12.6 Å². The van der Waals surface area contributed by atoms with E-state index in [4.69, 9.17) is 5.11 Å². The number of hydrogen-bond donors (Lipinski definition) is 2. The lowest BCUT2D eigenvalue weighted by molar-refractivity contribution is 0.282. The lowest BCUT2D eigenvalue weighted by Crippen LogP contribution is -2.20. The number of fused-ring (bicyclic) bond motifs is 1. The third kappa shape index (κ3) is 3.11. The monoisotopic (exact) mass is 236 g/mol. The average molecular weight is 236 g/mol. The van der Waals surface area contributed by atoms with Gasteiger partial charge in [0.05, 0.1) is 0 Å². The Morgan fingerprint density at radius 2 is 2.24 bits per heavy atom. The molecular formula is C14H24N2O. The van der Waals surface area contributed by atoms with Gasteiger partial charge in [0.2, 0.25) is 0 Å². The van der Waals surface area contributed by atoms with Gasteiger partial charge in [-0.3, -0.25) is 0 Å². The highest BCUT2D eigenvalue weighted by molar-refractivity contribution is 5.30. The van der Waals surface area contributed by atoms with Crippen molar-refractivity contribution < 1.29 is 5.11 Å². The quantitative estimate of drug-likeness (QED) is 0.743. The minimum Gasteiger partial charge on any atom is -0.396 e. The molecule has 2 N–H and O–H groups in total. The van der Waals surface area contributed by atoms with Crippen LogP contribution in [0.15, 0.2) is 12.4 Å². The van der Waals surface area contributed by atoms with Crippen LogP contribution in [0.5, 0.6) is 0 Å². The summed E-state index contributed by atoms with van der Waals surface area (Å²) < 4.78 is 2.33. The largest absolute Gasteiger partial charge is 0.396 e. The zero-order valence-corrected chi connectivity index (χ0v) is 10.8. The molecule has 1 aromatic heterocycles. The van der Waals surface area contributed by atoms with Crippen LogP contribution in [0, 0.1) is 0 Å². The first-order chi connectivity index (χ1) is 8.35. The summed E-state index contributed by atoms with van der Waals surface area (Å²) >= 11 is 0. The summed E-state index contributed by atoms with van der Waals surface area (Å²) in [7, 11) is 2.05. The maximum Gasteiger partial charge on any atom is 0.0431 e.